The van der Waals surface area contributed by atoms with E-state index < -0.39 is 5.60 Å². The molecule has 2 aliphatic rings. The number of rotatable bonds is 3. The highest BCUT2D eigenvalue weighted by Gasteiger charge is 2.52. The van der Waals surface area contributed by atoms with Crippen LogP contribution in [0.25, 0.3) is 10.8 Å². The molecule has 6 nitrogen and oxygen atoms in total. The molecule has 0 aliphatic carbocycles. The van der Waals surface area contributed by atoms with E-state index in [-0.39, 0.29) is 5.54 Å². The van der Waals surface area contributed by atoms with Crippen LogP contribution in [0.15, 0.2) is 24.4 Å². The molecule has 3 heterocycles. The van der Waals surface area contributed by atoms with E-state index in [0.717, 1.165) is 53.5 Å². The number of benzene rings is 1. The molecule has 2 unspecified atom stereocenters. The van der Waals surface area contributed by atoms with Gasteiger partial charge in [-0.3, -0.25) is 4.90 Å². The van der Waals surface area contributed by atoms with Crippen molar-refractivity contribution < 1.29 is 9.84 Å². The number of aromatic nitrogens is 1. The monoisotopic (exact) mass is 390 g/mol. The van der Waals surface area contributed by atoms with Crippen molar-refractivity contribution in [1.29, 1.82) is 0 Å². The maximum atomic E-state index is 10.7. The van der Waals surface area contributed by atoms with Gasteiger partial charge in [0, 0.05) is 44.8 Å². The lowest BCUT2D eigenvalue weighted by molar-refractivity contribution is -0.0614. The molecular formula is C20H27ClN4O2. The van der Waals surface area contributed by atoms with Crippen molar-refractivity contribution in [2.75, 3.05) is 56.7 Å². The van der Waals surface area contributed by atoms with Crippen molar-refractivity contribution in [3.63, 3.8) is 0 Å². The molecule has 0 radical (unpaired) electrons. The van der Waals surface area contributed by atoms with Gasteiger partial charge < -0.3 is 20.1 Å². The lowest BCUT2D eigenvalue weighted by Crippen LogP contribution is -2.65. The van der Waals surface area contributed by atoms with Crippen LogP contribution in [-0.4, -0.2) is 72.6 Å². The Morgan fingerprint density at radius 1 is 1.11 bits per heavy atom. The third-order valence-corrected chi connectivity index (χ3v) is 6.59. The first-order valence-corrected chi connectivity index (χ1v) is 9.79. The van der Waals surface area contributed by atoms with Crippen LogP contribution in [0.4, 0.5) is 11.5 Å². The molecule has 1 aromatic carbocycles. The van der Waals surface area contributed by atoms with E-state index in [2.05, 4.69) is 33.1 Å². The number of anilines is 2. The van der Waals surface area contributed by atoms with Crippen LogP contribution in [0.2, 0.25) is 5.02 Å². The number of halogens is 1. The zero-order chi connectivity index (χ0) is 19.2. The highest BCUT2D eigenvalue weighted by Crippen LogP contribution is 2.37. The Bertz CT molecular complexity index is 851. The van der Waals surface area contributed by atoms with E-state index in [1.165, 1.54) is 0 Å². The molecule has 1 aromatic heterocycles. The van der Waals surface area contributed by atoms with Crippen molar-refractivity contribution in [2.24, 2.45) is 0 Å². The number of nitrogens with zero attached hydrogens (tertiary/aromatic N) is 3. The van der Waals surface area contributed by atoms with E-state index in [9.17, 15) is 5.11 Å². The average Bonchev–Trinajstić information content (AvgIpc) is 2.94. The number of hydrogen-bond donors (Lipinski definition) is 2. The van der Waals surface area contributed by atoms with E-state index in [1.807, 2.05) is 32.3 Å². The van der Waals surface area contributed by atoms with Crippen LogP contribution >= 0.6 is 11.6 Å². The minimum absolute atomic E-state index is 0.348. The summed E-state index contributed by atoms with van der Waals surface area (Å²) in [7, 11) is 1.87. The molecule has 0 saturated carbocycles. The maximum Gasteiger partial charge on any atom is 0.126 e. The standard InChI is InChI=1S/C20H27ClN4O2/c1-19(12-27-13-20(19,2)26)25-6-4-24(5-7-25)17-9-14-10-18(22-3)23-11-15(14)8-16(17)21/h8-11,26H,4-7,12-13H2,1-3H3,(H,22,23). The van der Waals surface area contributed by atoms with Crippen LogP contribution in [0.3, 0.4) is 0 Å². The van der Waals surface area contributed by atoms with Gasteiger partial charge in [0.2, 0.25) is 0 Å². The molecule has 0 bridgehead atoms. The van der Waals surface area contributed by atoms with Crippen molar-refractivity contribution in [3.05, 3.63) is 29.4 Å². The first kappa shape index (κ1) is 18.7. The third kappa shape index (κ3) is 3.14. The summed E-state index contributed by atoms with van der Waals surface area (Å²) >= 11 is 6.59. The fourth-order valence-electron chi connectivity index (χ4n) is 4.17. The Kier molecular flexibility index (Phi) is 4.71. The normalized spacial score (nSPS) is 29.4. The van der Waals surface area contributed by atoms with Crippen LogP contribution in [0.5, 0.6) is 0 Å². The number of piperazine rings is 1. The molecule has 2 atom stereocenters. The van der Waals surface area contributed by atoms with Crippen LogP contribution < -0.4 is 10.2 Å². The first-order valence-electron chi connectivity index (χ1n) is 9.41. The Morgan fingerprint density at radius 3 is 2.48 bits per heavy atom. The van der Waals surface area contributed by atoms with Gasteiger partial charge in [0.15, 0.2) is 0 Å². The minimum atomic E-state index is -0.827. The summed E-state index contributed by atoms with van der Waals surface area (Å²) in [6.45, 7) is 8.39. The minimum Gasteiger partial charge on any atom is -0.386 e. The van der Waals surface area contributed by atoms with Crippen LogP contribution in [0.1, 0.15) is 13.8 Å². The van der Waals surface area contributed by atoms with E-state index in [0.29, 0.717) is 13.2 Å². The molecule has 0 amide bonds. The van der Waals surface area contributed by atoms with Gasteiger partial charge >= 0.3 is 0 Å². The Labute approximate surface area is 165 Å². The number of hydrogen-bond acceptors (Lipinski definition) is 6. The molecule has 0 spiro atoms. The predicted molar refractivity (Wildman–Crippen MR) is 110 cm³/mol. The van der Waals surface area contributed by atoms with Crippen LogP contribution in [-0.2, 0) is 4.74 Å². The zero-order valence-corrected chi connectivity index (χ0v) is 16.9. The summed E-state index contributed by atoms with van der Waals surface area (Å²) in [5, 5.41) is 16.7. The number of pyridine rings is 1. The number of nitrogens with one attached hydrogen (secondary N) is 1. The van der Waals surface area contributed by atoms with Gasteiger partial charge in [-0.1, -0.05) is 11.6 Å². The highest BCUT2D eigenvalue weighted by molar-refractivity contribution is 6.34. The summed E-state index contributed by atoms with van der Waals surface area (Å²) in [5.74, 6) is 0.844. The smallest absolute Gasteiger partial charge is 0.126 e. The fraction of sp³-hybridized carbons (Fsp3) is 0.550. The van der Waals surface area contributed by atoms with Crippen molar-refractivity contribution in [3.8, 4) is 0 Å². The number of fused-ring (bicyclic) bond motifs is 1. The molecule has 2 saturated heterocycles. The molecule has 7 heteroatoms. The molecule has 146 valence electrons. The Hall–Kier alpha value is -1.60. The summed E-state index contributed by atoms with van der Waals surface area (Å²) in [6.07, 6.45) is 1.85. The van der Waals surface area contributed by atoms with Gasteiger partial charge in [-0.15, -0.1) is 0 Å². The van der Waals surface area contributed by atoms with Crippen molar-refractivity contribution in [1.82, 2.24) is 9.88 Å². The third-order valence-electron chi connectivity index (χ3n) is 6.29. The van der Waals surface area contributed by atoms with Crippen molar-refractivity contribution >= 4 is 33.9 Å². The van der Waals surface area contributed by atoms with Gasteiger partial charge in [-0.2, -0.15) is 0 Å². The Morgan fingerprint density at radius 2 is 1.85 bits per heavy atom. The van der Waals surface area contributed by atoms with Crippen molar-refractivity contribution in [2.45, 2.75) is 25.0 Å². The summed E-state index contributed by atoms with van der Waals surface area (Å²) < 4.78 is 5.59. The number of aliphatic hydroxyl groups is 1. The predicted octanol–water partition coefficient (Wildman–Crippen LogP) is 2.59. The van der Waals surface area contributed by atoms with Gasteiger partial charge in [0.25, 0.3) is 0 Å². The molecule has 27 heavy (non-hydrogen) atoms. The fourth-order valence-corrected chi connectivity index (χ4v) is 4.46. The summed E-state index contributed by atoms with van der Waals surface area (Å²) in [5.41, 5.74) is -0.122. The quantitative estimate of drug-likeness (QED) is 0.840. The molecule has 2 fully saturated rings. The lowest BCUT2D eigenvalue weighted by atomic mass is 9.83. The average molecular weight is 391 g/mol. The van der Waals surface area contributed by atoms with E-state index >= 15 is 0 Å². The summed E-state index contributed by atoms with van der Waals surface area (Å²) in [4.78, 5) is 9.04. The molecule has 2 N–H and O–H groups in total. The first-order chi connectivity index (χ1) is 12.8. The number of ether oxygens (including phenoxy) is 1. The topological polar surface area (TPSA) is 60.9 Å². The van der Waals surface area contributed by atoms with Crippen LogP contribution in [0, 0.1) is 0 Å². The second kappa shape index (κ2) is 6.78. The van der Waals surface area contributed by atoms with E-state index in [1.54, 1.807) is 0 Å². The maximum absolute atomic E-state index is 10.7. The van der Waals surface area contributed by atoms with Gasteiger partial charge in [-0.05, 0) is 37.4 Å². The largest absolute Gasteiger partial charge is 0.386 e. The highest BCUT2D eigenvalue weighted by atomic mass is 35.5. The SMILES string of the molecule is CNc1cc2cc(N3CCN(C4(C)COCC4(C)O)CC3)c(Cl)cc2cn1. The molecule has 2 aromatic rings. The molecular weight excluding hydrogens is 364 g/mol. The molecule has 2 aliphatic heterocycles. The lowest BCUT2D eigenvalue weighted by Gasteiger charge is -2.48. The van der Waals surface area contributed by atoms with Gasteiger partial charge in [0.1, 0.15) is 11.4 Å². The van der Waals surface area contributed by atoms with Gasteiger partial charge in [-0.25, -0.2) is 4.98 Å². The molecule has 4 rings (SSSR count). The zero-order valence-electron chi connectivity index (χ0n) is 16.1. The summed E-state index contributed by atoms with van der Waals surface area (Å²) in [6, 6.07) is 6.17. The second-order valence-electron chi connectivity index (χ2n) is 7.98. The Balaban J connectivity index is 1.55. The van der Waals surface area contributed by atoms with E-state index in [4.69, 9.17) is 16.3 Å². The second-order valence-corrected chi connectivity index (χ2v) is 8.39. The van der Waals surface area contributed by atoms with Gasteiger partial charge in [0.05, 0.1) is 29.5 Å².